The number of sulfone groups is 1. The summed E-state index contributed by atoms with van der Waals surface area (Å²) in [5.41, 5.74) is 0.232. The van der Waals surface area contributed by atoms with Gasteiger partial charge in [-0.2, -0.15) is 0 Å². The van der Waals surface area contributed by atoms with E-state index in [4.69, 9.17) is 5.11 Å². The Kier molecular flexibility index (Phi) is 3.44. The number of benzene rings is 1. The van der Waals surface area contributed by atoms with Crippen molar-refractivity contribution in [2.75, 3.05) is 0 Å². The summed E-state index contributed by atoms with van der Waals surface area (Å²) in [5, 5.41) is 8.90. The molecular weight excluding hydrogens is 235 g/mol. The van der Waals surface area contributed by atoms with E-state index in [9.17, 15) is 17.6 Å². The largest absolute Gasteiger partial charge is 0.478 e. The lowest BCUT2D eigenvalue weighted by atomic mass is 10.2. The summed E-state index contributed by atoms with van der Waals surface area (Å²) in [6, 6.07) is 3.18. The fourth-order valence-corrected chi connectivity index (χ4v) is 2.36. The van der Waals surface area contributed by atoms with Crippen molar-refractivity contribution >= 4 is 15.8 Å². The van der Waals surface area contributed by atoms with Crippen LogP contribution in [0.4, 0.5) is 4.39 Å². The van der Waals surface area contributed by atoms with Gasteiger partial charge in [0, 0.05) is 11.5 Å². The van der Waals surface area contributed by atoms with E-state index in [1.165, 1.54) is 6.92 Å². The molecule has 0 aliphatic carbocycles. The van der Waals surface area contributed by atoms with Crippen molar-refractivity contribution in [1.82, 2.24) is 0 Å². The second kappa shape index (κ2) is 4.44. The molecule has 1 rings (SSSR count). The molecule has 0 heterocycles. The minimum atomic E-state index is -3.83. The molecule has 0 saturated carbocycles. The van der Waals surface area contributed by atoms with E-state index in [1.807, 2.05) is 0 Å². The lowest BCUT2D eigenvalue weighted by Crippen LogP contribution is -2.01. The van der Waals surface area contributed by atoms with Crippen LogP contribution in [0.15, 0.2) is 34.6 Å². The lowest BCUT2D eigenvalue weighted by molar-refractivity contribution is -0.131. The zero-order valence-electron chi connectivity index (χ0n) is 8.34. The van der Waals surface area contributed by atoms with Crippen molar-refractivity contribution in [3.05, 3.63) is 41.1 Å². The Labute approximate surface area is 91.9 Å². The summed E-state index contributed by atoms with van der Waals surface area (Å²) < 4.78 is 35.9. The SMILES string of the molecule is Cc1cc(F)ccc1S(=O)(=O)/C=C/C(=O)O. The predicted octanol–water partition coefficient (Wildman–Crippen LogP) is 1.51. The van der Waals surface area contributed by atoms with Gasteiger partial charge in [0.2, 0.25) is 0 Å². The molecule has 0 bridgehead atoms. The van der Waals surface area contributed by atoms with E-state index in [1.54, 1.807) is 0 Å². The molecule has 1 aromatic rings. The third-order valence-corrected chi connectivity index (χ3v) is 3.40. The van der Waals surface area contributed by atoms with Crippen LogP contribution < -0.4 is 0 Å². The zero-order valence-corrected chi connectivity index (χ0v) is 9.16. The molecule has 1 aromatic carbocycles. The molecule has 4 nitrogen and oxygen atoms in total. The van der Waals surface area contributed by atoms with Gasteiger partial charge in [-0.1, -0.05) is 0 Å². The maximum Gasteiger partial charge on any atom is 0.329 e. The van der Waals surface area contributed by atoms with Gasteiger partial charge in [0.1, 0.15) is 5.82 Å². The van der Waals surface area contributed by atoms with Crippen molar-refractivity contribution < 1.29 is 22.7 Å². The summed E-state index contributed by atoms with van der Waals surface area (Å²) in [6.45, 7) is 1.44. The lowest BCUT2D eigenvalue weighted by Gasteiger charge is -2.03. The zero-order chi connectivity index (χ0) is 12.3. The van der Waals surface area contributed by atoms with Gasteiger partial charge in [-0.15, -0.1) is 0 Å². The van der Waals surface area contributed by atoms with E-state index in [2.05, 4.69) is 0 Å². The standard InChI is InChI=1S/C10H9FO4S/c1-7-6-8(11)2-3-9(7)16(14,15)5-4-10(12)13/h2-6H,1H3,(H,12,13)/b5-4+. The van der Waals surface area contributed by atoms with Gasteiger partial charge in [-0.25, -0.2) is 17.6 Å². The predicted molar refractivity (Wildman–Crippen MR) is 55.1 cm³/mol. The first-order valence-corrected chi connectivity index (χ1v) is 5.80. The molecule has 6 heteroatoms. The first kappa shape index (κ1) is 12.4. The minimum Gasteiger partial charge on any atom is -0.478 e. The van der Waals surface area contributed by atoms with Crippen LogP contribution in [0.5, 0.6) is 0 Å². The van der Waals surface area contributed by atoms with Crippen LogP contribution in [-0.2, 0) is 14.6 Å². The maximum absolute atomic E-state index is 12.7. The average molecular weight is 244 g/mol. The van der Waals surface area contributed by atoms with E-state index in [0.717, 1.165) is 18.2 Å². The Morgan fingerprint density at radius 3 is 2.56 bits per heavy atom. The summed E-state index contributed by atoms with van der Waals surface area (Å²) >= 11 is 0. The Hall–Kier alpha value is -1.69. The van der Waals surface area contributed by atoms with Gasteiger partial charge >= 0.3 is 5.97 Å². The molecule has 0 aliphatic rings. The number of halogens is 1. The molecule has 0 saturated heterocycles. The molecule has 0 unspecified atom stereocenters. The van der Waals surface area contributed by atoms with Crippen LogP contribution in [-0.4, -0.2) is 19.5 Å². The number of rotatable bonds is 3. The number of hydrogen-bond acceptors (Lipinski definition) is 3. The number of aryl methyl sites for hydroxylation is 1. The Balaban J connectivity index is 3.23. The fourth-order valence-electron chi connectivity index (χ4n) is 1.15. The molecule has 0 radical (unpaired) electrons. The molecule has 0 amide bonds. The summed E-state index contributed by atoms with van der Waals surface area (Å²) in [5.74, 6) is -1.90. The first-order valence-electron chi connectivity index (χ1n) is 4.25. The average Bonchev–Trinajstić information content (AvgIpc) is 2.14. The number of carboxylic acids is 1. The molecule has 0 fully saturated rings. The van der Waals surface area contributed by atoms with Crippen molar-refractivity contribution in [2.24, 2.45) is 0 Å². The van der Waals surface area contributed by atoms with E-state index < -0.39 is 21.6 Å². The molecule has 0 atom stereocenters. The highest BCUT2D eigenvalue weighted by atomic mass is 32.2. The summed E-state index contributed by atoms with van der Waals surface area (Å²) in [4.78, 5) is 10.1. The molecule has 0 aliphatic heterocycles. The van der Waals surface area contributed by atoms with Gasteiger partial charge < -0.3 is 5.11 Å². The minimum absolute atomic E-state index is 0.105. The van der Waals surface area contributed by atoms with Crippen LogP contribution >= 0.6 is 0 Å². The van der Waals surface area contributed by atoms with Crippen LogP contribution in [0.2, 0.25) is 0 Å². The smallest absolute Gasteiger partial charge is 0.329 e. The summed E-state index contributed by atoms with van der Waals surface area (Å²) in [6.07, 6.45) is 0.526. The number of hydrogen-bond donors (Lipinski definition) is 1. The third-order valence-electron chi connectivity index (χ3n) is 1.83. The Morgan fingerprint density at radius 1 is 1.44 bits per heavy atom. The summed E-state index contributed by atoms with van der Waals surface area (Å²) in [7, 11) is -3.83. The number of carbonyl (C=O) groups is 1. The molecular formula is C10H9FO4S. The Bertz CT molecular complexity index is 546. The molecule has 86 valence electrons. The van der Waals surface area contributed by atoms with Gasteiger partial charge in [0.25, 0.3) is 0 Å². The van der Waals surface area contributed by atoms with Gasteiger partial charge in [-0.05, 0) is 30.7 Å². The van der Waals surface area contributed by atoms with Gasteiger partial charge in [-0.3, -0.25) is 0 Å². The third kappa shape index (κ3) is 2.90. The molecule has 16 heavy (non-hydrogen) atoms. The molecule has 1 N–H and O–H groups in total. The monoisotopic (exact) mass is 244 g/mol. The number of aliphatic carboxylic acids is 1. The van der Waals surface area contributed by atoms with Gasteiger partial charge in [0.05, 0.1) is 4.90 Å². The second-order valence-electron chi connectivity index (χ2n) is 3.10. The van der Waals surface area contributed by atoms with E-state index in [-0.39, 0.29) is 10.5 Å². The van der Waals surface area contributed by atoms with Crippen molar-refractivity contribution in [1.29, 1.82) is 0 Å². The van der Waals surface area contributed by atoms with Crippen LogP contribution in [0.3, 0.4) is 0 Å². The highest BCUT2D eigenvalue weighted by Gasteiger charge is 2.14. The van der Waals surface area contributed by atoms with Crippen LogP contribution in [0.1, 0.15) is 5.56 Å². The second-order valence-corrected chi connectivity index (χ2v) is 4.90. The topological polar surface area (TPSA) is 71.4 Å². The van der Waals surface area contributed by atoms with Crippen molar-refractivity contribution in [2.45, 2.75) is 11.8 Å². The highest BCUT2D eigenvalue weighted by molar-refractivity contribution is 7.94. The molecule has 0 aromatic heterocycles. The van der Waals surface area contributed by atoms with Crippen molar-refractivity contribution in [3.63, 3.8) is 0 Å². The van der Waals surface area contributed by atoms with E-state index in [0.29, 0.717) is 11.5 Å². The maximum atomic E-state index is 12.7. The van der Waals surface area contributed by atoms with Gasteiger partial charge in [0.15, 0.2) is 9.84 Å². The number of carboxylic acid groups (broad SMARTS) is 1. The van der Waals surface area contributed by atoms with Crippen LogP contribution in [0, 0.1) is 12.7 Å². The fraction of sp³-hybridized carbons (Fsp3) is 0.100. The normalized spacial score (nSPS) is 11.9. The Morgan fingerprint density at radius 2 is 2.06 bits per heavy atom. The highest BCUT2D eigenvalue weighted by Crippen LogP contribution is 2.18. The quantitative estimate of drug-likeness (QED) is 0.646. The molecule has 0 spiro atoms. The van der Waals surface area contributed by atoms with E-state index >= 15 is 0 Å². The first-order chi connectivity index (χ1) is 7.33. The van der Waals surface area contributed by atoms with Crippen molar-refractivity contribution in [3.8, 4) is 0 Å². The van der Waals surface area contributed by atoms with Crippen LogP contribution in [0.25, 0.3) is 0 Å².